The van der Waals surface area contributed by atoms with Gasteiger partial charge in [0.15, 0.2) is 11.5 Å². The molecule has 0 amide bonds. The van der Waals surface area contributed by atoms with Crippen molar-refractivity contribution in [2.24, 2.45) is 0 Å². The zero-order chi connectivity index (χ0) is 20.5. The summed E-state index contributed by atoms with van der Waals surface area (Å²) in [6.45, 7) is 1.67. The lowest BCUT2D eigenvalue weighted by atomic mass is 9.95. The van der Waals surface area contributed by atoms with Crippen molar-refractivity contribution in [1.29, 1.82) is 0 Å². The van der Waals surface area contributed by atoms with Crippen LogP contribution in [0.3, 0.4) is 0 Å². The Morgan fingerprint density at radius 1 is 0.724 bits per heavy atom. The first-order valence-corrected chi connectivity index (χ1v) is 9.28. The van der Waals surface area contributed by atoms with Crippen LogP contribution in [0.5, 0.6) is 11.5 Å². The molecule has 4 nitrogen and oxygen atoms in total. The Morgan fingerprint density at radius 2 is 1.41 bits per heavy atom. The smallest absolute Gasteiger partial charge is 0.261 e. The van der Waals surface area contributed by atoms with Crippen LogP contribution in [0, 0.1) is 6.92 Å². The molecule has 4 heteroatoms. The van der Waals surface area contributed by atoms with E-state index in [0.717, 1.165) is 21.9 Å². The maximum Gasteiger partial charge on any atom is 0.261 e. The molecule has 0 radical (unpaired) electrons. The van der Waals surface area contributed by atoms with E-state index in [4.69, 9.17) is 0 Å². The third kappa shape index (κ3) is 3.58. The molecular weight excluding hydrogens is 364 g/mol. The topological polar surface area (TPSA) is 77.8 Å². The molecule has 0 aromatic heterocycles. The van der Waals surface area contributed by atoms with Gasteiger partial charge in [-0.3, -0.25) is 4.79 Å². The van der Waals surface area contributed by atoms with Gasteiger partial charge in [0.2, 0.25) is 0 Å². The fraction of sp³-hybridized carbons (Fsp3) is 0.0800. The van der Waals surface area contributed by atoms with Crippen LogP contribution in [0.4, 0.5) is 0 Å². The first kappa shape index (κ1) is 18.7. The summed E-state index contributed by atoms with van der Waals surface area (Å²) >= 11 is 0. The minimum Gasteiger partial charge on any atom is -0.504 e. The Labute approximate surface area is 168 Å². The molecule has 144 valence electrons. The summed E-state index contributed by atoms with van der Waals surface area (Å²) in [7, 11) is 0. The lowest BCUT2D eigenvalue weighted by molar-refractivity contribution is 0.219. The highest BCUT2D eigenvalue weighted by Crippen LogP contribution is 2.31. The van der Waals surface area contributed by atoms with Crippen molar-refractivity contribution in [2.75, 3.05) is 0 Å². The lowest BCUT2D eigenvalue weighted by Crippen LogP contribution is -2.01. The molecule has 4 rings (SSSR count). The van der Waals surface area contributed by atoms with Gasteiger partial charge in [0.05, 0.1) is 0 Å². The SMILES string of the molecule is Cc1cc(O)c(=O)c(O)cc1C(O)c1cccc(-c2ccc3ccccc3c2)c1. The summed E-state index contributed by atoms with van der Waals surface area (Å²) in [4.78, 5) is 11.8. The minimum atomic E-state index is -1.06. The van der Waals surface area contributed by atoms with Crippen LogP contribution in [0.15, 0.2) is 83.7 Å². The maximum absolute atomic E-state index is 11.8. The fourth-order valence-corrected chi connectivity index (χ4v) is 3.54. The van der Waals surface area contributed by atoms with Gasteiger partial charge in [-0.05, 0) is 69.8 Å². The molecule has 3 N–H and O–H groups in total. The van der Waals surface area contributed by atoms with Gasteiger partial charge in [-0.1, -0.05) is 54.6 Å². The number of aliphatic hydroxyl groups excluding tert-OH is 1. The Kier molecular flexibility index (Phi) is 4.79. The van der Waals surface area contributed by atoms with Gasteiger partial charge in [0, 0.05) is 0 Å². The molecule has 0 saturated heterocycles. The summed E-state index contributed by atoms with van der Waals surface area (Å²) in [6.07, 6.45) is -1.06. The normalized spacial score (nSPS) is 12.1. The van der Waals surface area contributed by atoms with E-state index >= 15 is 0 Å². The minimum absolute atomic E-state index is 0.357. The second-order valence-electron chi connectivity index (χ2n) is 7.12. The number of aryl methyl sites for hydroxylation is 1. The molecule has 0 saturated carbocycles. The van der Waals surface area contributed by atoms with Gasteiger partial charge in [-0.2, -0.15) is 0 Å². The lowest BCUT2D eigenvalue weighted by Gasteiger charge is -2.14. The van der Waals surface area contributed by atoms with Gasteiger partial charge in [0.25, 0.3) is 5.43 Å². The molecule has 0 aliphatic carbocycles. The quantitative estimate of drug-likeness (QED) is 0.480. The molecule has 4 aromatic rings. The number of hydrogen-bond donors (Lipinski definition) is 3. The molecule has 0 fully saturated rings. The van der Waals surface area contributed by atoms with Crippen molar-refractivity contribution in [2.45, 2.75) is 13.0 Å². The number of hydrogen-bond acceptors (Lipinski definition) is 4. The third-order valence-electron chi connectivity index (χ3n) is 5.15. The molecule has 1 atom stereocenters. The van der Waals surface area contributed by atoms with Gasteiger partial charge in [-0.25, -0.2) is 0 Å². The van der Waals surface area contributed by atoms with Crippen LogP contribution in [0.25, 0.3) is 21.9 Å². The van der Waals surface area contributed by atoms with Gasteiger partial charge < -0.3 is 15.3 Å². The molecule has 1 unspecified atom stereocenters. The highest BCUT2D eigenvalue weighted by molar-refractivity contribution is 5.87. The average molecular weight is 384 g/mol. The van der Waals surface area contributed by atoms with Crippen molar-refractivity contribution in [1.82, 2.24) is 0 Å². The third-order valence-corrected chi connectivity index (χ3v) is 5.15. The van der Waals surface area contributed by atoms with E-state index in [1.165, 1.54) is 12.1 Å². The molecule has 0 aliphatic heterocycles. The molecule has 0 aliphatic rings. The van der Waals surface area contributed by atoms with Crippen LogP contribution >= 0.6 is 0 Å². The van der Waals surface area contributed by atoms with Gasteiger partial charge in [0.1, 0.15) is 6.10 Å². The molecule has 29 heavy (non-hydrogen) atoms. The van der Waals surface area contributed by atoms with E-state index < -0.39 is 23.0 Å². The number of rotatable bonds is 3. The predicted molar refractivity (Wildman–Crippen MR) is 114 cm³/mol. The fourth-order valence-electron chi connectivity index (χ4n) is 3.54. The number of fused-ring (bicyclic) bond motifs is 1. The number of benzene rings is 3. The molecule has 4 aromatic carbocycles. The molecule has 0 spiro atoms. The summed E-state index contributed by atoms with van der Waals surface area (Å²) in [6, 6.07) is 24.3. The Balaban J connectivity index is 1.78. The Hall–Kier alpha value is -3.63. The maximum atomic E-state index is 11.8. The van der Waals surface area contributed by atoms with E-state index in [-0.39, 0.29) is 0 Å². The average Bonchev–Trinajstić information content (AvgIpc) is 2.84. The van der Waals surface area contributed by atoms with E-state index in [2.05, 4.69) is 24.3 Å². The second-order valence-corrected chi connectivity index (χ2v) is 7.12. The van der Waals surface area contributed by atoms with Crippen LogP contribution < -0.4 is 5.43 Å². The van der Waals surface area contributed by atoms with E-state index in [1.54, 1.807) is 13.0 Å². The first-order valence-electron chi connectivity index (χ1n) is 9.28. The predicted octanol–water partition coefficient (Wildman–Crippen LogP) is 4.67. The number of aliphatic hydroxyl groups is 1. The zero-order valence-electron chi connectivity index (χ0n) is 15.8. The van der Waals surface area contributed by atoms with E-state index in [9.17, 15) is 20.1 Å². The van der Waals surface area contributed by atoms with Crippen LogP contribution in [-0.4, -0.2) is 15.3 Å². The number of aromatic hydroxyl groups is 2. The Bertz CT molecular complexity index is 1280. The van der Waals surface area contributed by atoms with Gasteiger partial charge in [-0.15, -0.1) is 0 Å². The van der Waals surface area contributed by atoms with Crippen molar-refractivity contribution in [3.05, 3.63) is 106 Å². The van der Waals surface area contributed by atoms with Crippen LogP contribution in [0.1, 0.15) is 22.8 Å². The van der Waals surface area contributed by atoms with E-state index in [1.807, 2.05) is 36.4 Å². The largest absolute Gasteiger partial charge is 0.504 e. The molecular formula is C25H20O4. The van der Waals surface area contributed by atoms with Crippen molar-refractivity contribution < 1.29 is 15.3 Å². The van der Waals surface area contributed by atoms with Gasteiger partial charge >= 0.3 is 0 Å². The van der Waals surface area contributed by atoms with Crippen LogP contribution in [0.2, 0.25) is 0 Å². The molecule has 0 bridgehead atoms. The van der Waals surface area contributed by atoms with Crippen LogP contribution in [-0.2, 0) is 0 Å². The van der Waals surface area contributed by atoms with E-state index in [0.29, 0.717) is 16.7 Å². The zero-order valence-corrected chi connectivity index (χ0v) is 15.8. The summed E-state index contributed by atoms with van der Waals surface area (Å²) in [5, 5.41) is 32.9. The standard InChI is InChI=1S/C25H20O4/c1-15-11-22(26)25(29)23(27)14-21(15)24(28)20-8-4-7-18(13-20)19-10-9-16-5-2-3-6-17(16)12-19/h2-14,24,28H,1H3,(H2,26,27,29). The molecule has 0 heterocycles. The summed E-state index contributed by atoms with van der Waals surface area (Å²) < 4.78 is 0. The van der Waals surface area contributed by atoms with Crippen molar-refractivity contribution >= 4 is 10.8 Å². The highest BCUT2D eigenvalue weighted by atomic mass is 16.3. The highest BCUT2D eigenvalue weighted by Gasteiger charge is 2.16. The summed E-state index contributed by atoms with van der Waals surface area (Å²) in [5.74, 6) is -1.15. The second kappa shape index (κ2) is 7.41. The van der Waals surface area contributed by atoms with Crippen molar-refractivity contribution in [3.8, 4) is 22.6 Å². The first-order chi connectivity index (χ1) is 13.9. The monoisotopic (exact) mass is 384 g/mol. The Morgan fingerprint density at radius 3 is 2.21 bits per heavy atom. The summed E-state index contributed by atoms with van der Waals surface area (Å²) in [5.41, 5.74) is 2.59. The van der Waals surface area contributed by atoms with Crippen molar-refractivity contribution in [3.63, 3.8) is 0 Å².